The molecule has 2 aromatic carbocycles. The standard InChI is InChI=1S/C14H8Cl3NO2S/c15-6-1-2-8(16)11(3-6)21-12-5-10-7(4-9(12)17)13(19)14(20)18-10/h1-5,13,19H,(H,18,20). The van der Waals surface area contributed by atoms with E-state index in [0.29, 0.717) is 31.2 Å². The minimum absolute atomic E-state index is 0.436. The molecule has 1 heterocycles. The van der Waals surface area contributed by atoms with Gasteiger partial charge in [-0.25, -0.2) is 0 Å². The van der Waals surface area contributed by atoms with Gasteiger partial charge in [0.15, 0.2) is 6.10 Å². The molecule has 0 bridgehead atoms. The summed E-state index contributed by atoms with van der Waals surface area (Å²) in [5.74, 6) is -0.455. The van der Waals surface area contributed by atoms with Gasteiger partial charge >= 0.3 is 0 Å². The van der Waals surface area contributed by atoms with Gasteiger partial charge in [-0.15, -0.1) is 0 Å². The van der Waals surface area contributed by atoms with Crippen molar-refractivity contribution in [3.63, 3.8) is 0 Å². The Labute approximate surface area is 140 Å². The number of carbonyl (C=O) groups is 1. The molecule has 108 valence electrons. The highest BCUT2D eigenvalue weighted by Gasteiger charge is 2.29. The Kier molecular flexibility index (Phi) is 4.08. The van der Waals surface area contributed by atoms with Gasteiger partial charge in [0.05, 0.1) is 10.0 Å². The number of benzene rings is 2. The van der Waals surface area contributed by atoms with Crippen LogP contribution in [0.1, 0.15) is 11.7 Å². The van der Waals surface area contributed by atoms with Crippen molar-refractivity contribution in [1.82, 2.24) is 0 Å². The quantitative estimate of drug-likeness (QED) is 0.810. The van der Waals surface area contributed by atoms with Gasteiger partial charge in [-0.3, -0.25) is 4.79 Å². The lowest BCUT2D eigenvalue weighted by Gasteiger charge is -2.09. The number of carbonyl (C=O) groups excluding carboxylic acids is 1. The van der Waals surface area contributed by atoms with Crippen LogP contribution in [0.2, 0.25) is 15.1 Å². The molecule has 2 aromatic rings. The van der Waals surface area contributed by atoms with E-state index in [9.17, 15) is 9.90 Å². The number of fused-ring (bicyclic) bond motifs is 1. The van der Waals surface area contributed by atoms with E-state index >= 15 is 0 Å². The van der Waals surface area contributed by atoms with Crippen molar-refractivity contribution in [3.05, 3.63) is 51.0 Å². The number of halogens is 3. The number of amides is 1. The third-order valence-electron chi connectivity index (χ3n) is 3.02. The van der Waals surface area contributed by atoms with Crippen LogP contribution in [0.5, 0.6) is 0 Å². The number of nitrogens with one attached hydrogen (secondary N) is 1. The van der Waals surface area contributed by atoms with E-state index in [-0.39, 0.29) is 0 Å². The number of rotatable bonds is 2. The predicted molar refractivity (Wildman–Crippen MR) is 85.6 cm³/mol. The summed E-state index contributed by atoms with van der Waals surface area (Å²) in [6.07, 6.45) is -1.17. The van der Waals surface area contributed by atoms with Gasteiger partial charge in [0, 0.05) is 26.1 Å². The second-order valence-electron chi connectivity index (χ2n) is 4.44. The second kappa shape index (κ2) is 5.71. The lowest BCUT2D eigenvalue weighted by Crippen LogP contribution is -2.10. The Hall–Kier alpha value is -0.910. The Morgan fingerprint density at radius 3 is 2.52 bits per heavy atom. The summed E-state index contributed by atoms with van der Waals surface area (Å²) < 4.78 is 0. The van der Waals surface area contributed by atoms with Gasteiger partial charge in [0.1, 0.15) is 0 Å². The lowest BCUT2D eigenvalue weighted by molar-refractivity contribution is -0.123. The van der Waals surface area contributed by atoms with Crippen LogP contribution in [0.25, 0.3) is 0 Å². The average Bonchev–Trinajstić information content (AvgIpc) is 2.70. The summed E-state index contributed by atoms with van der Waals surface area (Å²) in [6, 6.07) is 8.45. The van der Waals surface area contributed by atoms with Crippen molar-refractivity contribution >= 4 is 58.2 Å². The molecule has 1 atom stereocenters. The van der Waals surface area contributed by atoms with Gasteiger partial charge in [0.25, 0.3) is 5.91 Å². The molecule has 7 heteroatoms. The van der Waals surface area contributed by atoms with E-state index in [1.54, 1.807) is 30.3 Å². The van der Waals surface area contributed by atoms with Gasteiger partial charge in [0.2, 0.25) is 0 Å². The van der Waals surface area contributed by atoms with Crippen LogP contribution in [0, 0.1) is 0 Å². The topological polar surface area (TPSA) is 49.3 Å². The zero-order chi connectivity index (χ0) is 15.1. The smallest absolute Gasteiger partial charge is 0.257 e. The average molecular weight is 361 g/mol. The van der Waals surface area contributed by atoms with E-state index in [4.69, 9.17) is 34.8 Å². The molecule has 0 spiro atoms. The monoisotopic (exact) mass is 359 g/mol. The van der Waals surface area contributed by atoms with Crippen LogP contribution in [0.4, 0.5) is 5.69 Å². The van der Waals surface area contributed by atoms with Crippen molar-refractivity contribution in [1.29, 1.82) is 0 Å². The van der Waals surface area contributed by atoms with Crippen molar-refractivity contribution in [2.45, 2.75) is 15.9 Å². The molecule has 2 N–H and O–H groups in total. The molecule has 3 nitrogen and oxygen atoms in total. The molecule has 3 rings (SSSR count). The molecule has 0 saturated carbocycles. The zero-order valence-electron chi connectivity index (χ0n) is 10.4. The molecule has 0 saturated heterocycles. The third kappa shape index (κ3) is 2.87. The van der Waals surface area contributed by atoms with E-state index < -0.39 is 12.0 Å². The van der Waals surface area contributed by atoms with Crippen LogP contribution >= 0.6 is 46.6 Å². The first-order valence-electron chi connectivity index (χ1n) is 5.91. The number of anilines is 1. The SMILES string of the molecule is O=C1Nc2cc(Sc3cc(Cl)ccc3Cl)c(Cl)cc2C1O. The molecule has 1 aliphatic rings. The number of aliphatic hydroxyl groups excluding tert-OH is 1. The highest BCUT2D eigenvalue weighted by molar-refractivity contribution is 7.99. The van der Waals surface area contributed by atoms with Gasteiger partial charge in [-0.1, -0.05) is 46.6 Å². The van der Waals surface area contributed by atoms with Crippen LogP contribution in [0.3, 0.4) is 0 Å². The summed E-state index contributed by atoms with van der Waals surface area (Å²) in [5, 5.41) is 13.9. The second-order valence-corrected chi connectivity index (χ2v) is 6.77. The highest BCUT2D eigenvalue weighted by atomic mass is 35.5. The molecule has 1 amide bonds. The number of aliphatic hydroxyl groups is 1. The zero-order valence-corrected chi connectivity index (χ0v) is 13.4. The molecule has 21 heavy (non-hydrogen) atoms. The highest BCUT2D eigenvalue weighted by Crippen LogP contribution is 2.43. The lowest BCUT2D eigenvalue weighted by atomic mass is 10.1. The van der Waals surface area contributed by atoms with Crippen LogP contribution < -0.4 is 5.32 Å². The fourth-order valence-electron chi connectivity index (χ4n) is 2.00. The molecular formula is C14H8Cl3NO2S. The Balaban J connectivity index is 1.99. The minimum Gasteiger partial charge on any atom is -0.378 e. The molecular weight excluding hydrogens is 353 g/mol. The van der Waals surface area contributed by atoms with Gasteiger partial charge in [-0.2, -0.15) is 0 Å². The molecule has 0 aromatic heterocycles. The van der Waals surface area contributed by atoms with Gasteiger partial charge in [-0.05, 0) is 30.3 Å². The third-order valence-corrected chi connectivity index (χ3v) is 5.23. The molecule has 0 radical (unpaired) electrons. The fraction of sp³-hybridized carbons (Fsp3) is 0.0714. The van der Waals surface area contributed by atoms with Crippen molar-refractivity contribution in [2.75, 3.05) is 5.32 Å². The summed E-state index contributed by atoms with van der Waals surface area (Å²) in [5.41, 5.74) is 1.03. The van der Waals surface area contributed by atoms with E-state index in [0.717, 1.165) is 4.90 Å². The largest absolute Gasteiger partial charge is 0.378 e. The van der Waals surface area contributed by atoms with Crippen molar-refractivity contribution < 1.29 is 9.90 Å². The molecule has 0 aliphatic carbocycles. The normalized spacial score (nSPS) is 16.8. The maximum Gasteiger partial charge on any atom is 0.257 e. The first-order chi connectivity index (χ1) is 9.95. The number of hydrogen-bond donors (Lipinski definition) is 2. The summed E-state index contributed by atoms with van der Waals surface area (Å²) in [4.78, 5) is 12.9. The van der Waals surface area contributed by atoms with Crippen LogP contribution in [-0.4, -0.2) is 11.0 Å². The Morgan fingerprint density at radius 1 is 1.05 bits per heavy atom. The van der Waals surface area contributed by atoms with E-state index in [1.165, 1.54) is 11.8 Å². The van der Waals surface area contributed by atoms with Crippen LogP contribution in [-0.2, 0) is 4.79 Å². The first kappa shape index (κ1) is 15.0. The maximum absolute atomic E-state index is 11.5. The van der Waals surface area contributed by atoms with Crippen molar-refractivity contribution in [3.8, 4) is 0 Å². The summed E-state index contributed by atoms with van der Waals surface area (Å²) in [7, 11) is 0. The fourth-order valence-corrected chi connectivity index (χ4v) is 3.68. The predicted octanol–water partition coefficient (Wildman–Crippen LogP) is 4.78. The maximum atomic E-state index is 11.5. The van der Waals surface area contributed by atoms with Crippen molar-refractivity contribution in [2.24, 2.45) is 0 Å². The first-order valence-corrected chi connectivity index (χ1v) is 7.86. The molecule has 1 aliphatic heterocycles. The minimum atomic E-state index is -1.17. The summed E-state index contributed by atoms with van der Waals surface area (Å²) in [6.45, 7) is 0. The Bertz CT molecular complexity index is 751. The summed E-state index contributed by atoms with van der Waals surface area (Å²) >= 11 is 19.6. The molecule has 0 fully saturated rings. The Morgan fingerprint density at radius 2 is 1.76 bits per heavy atom. The molecule has 1 unspecified atom stereocenters. The van der Waals surface area contributed by atoms with E-state index in [1.807, 2.05) is 0 Å². The van der Waals surface area contributed by atoms with E-state index in [2.05, 4.69) is 5.32 Å². The van der Waals surface area contributed by atoms with Crippen LogP contribution in [0.15, 0.2) is 40.1 Å². The number of hydrogen-bond acceptors (Lipinski definition) is 3. The van der Waals surface area contributed by atoms with Gasteiger partial charge < -0.3 is 10.4 Å².